The second-order valence-electron chi connectivity index (χ2n) is 12.4. The smallest absolute Gasteiger partial charge is 0.490 e. The molecule has 3 aromatic rings. The summed E-state index contributed by atoms with van der Waals surface area (Å²) in [4.78, 5) is 53.0. The Morgan fingerprint density at radius 2 is 1.65 bits per heavy atom. The lowest BCUT2D eigenvalue weighted by atomic mass is 9.86. The van der Waals surface area contributed by atoms with E-state index in [-0.39, 0.29) is 33.6 Å². The molecule has 14 nitrogen and oxygen atoms in total. The third-order valence-electron chi connectivity index (χ3n) is 8.88. The molecule has 2 aromatic carbocycles. The number of rotatable bonds is 13. The highest BCUT2D eigenvalue weighted by Crippen LogP contribution is 2.36. The molecule has 3 aliphatic rings. The number of carbonyl (C=O) groups is 4. The highest BCUT2D eigenvalue weighted by Gasteiger charge is 2.45. The monoisotopic (exact) mass is 798 g/mol. The van der Waals surface area contributed by atoms with Crippen LogP contribution in [-0.4, -0.2) is 81.5 Å². The van der Waals surface area contributed by atoms with E-state index in [1.807, 2.05) is 0 Å². The number of halogens is 5. The Kier molecular flexibility index (Phi) is 13.0. The molecular formula is C35H35Cl2F3N4O10. The normalized spacial score (nSPS) is 18.8. The maximum atomic E-state index is 13.2. The summed E-state index contributed by atoms with van der Waals surface area (Å²) in [5, 5.41) is 16.6. The predicted octanol–water partition coefficient (Wildman–Crippen LogP) is 5.08. The van der Waals surface area contributed by atoms with Crippen molar-refractivity contribution in [3.8, 4) is 11.5 Å². The fourth-order valence-corrected chi connectivity index (χ4v) is 6.78. The van der Waals surface area contributed by atoms with Gasteiger partial charge in [0.2, 0.25) is 6.10 Å². The number of nitrogens with zero attached hydrogens (tertiary/aromatic N) is 2. The van der Waals surface area contributed by atoms with Gasteiger partial charge in [0.25, 0.3) is 0 Å². The van der Waals surface area contributed by atoms with E-state index in [1.165, 1.54) is 32.4 Å². The van der Waals surface area contributed by atoms with Crippen molar-refractivity contribution in [2.45, 2.75) is 43.8 Å². The quantitative estimate of drug-likeness (QED) is 0.102. The SMILES string of the molecule is COc1ccc([C@H](Cc2c(Cl)c[n+]([O-])cc2Cl)OC(=O)CNC(=O)Nc2cccc(C(OC(=O)C(F)(F)F)C(=O)O[C@H]3CN4CCC3CC4)c2)cc1OC. The Labute approximate surface area is 316 Å². The summed E-state index contributed by atoms with van der Waals surface area (Å²) in [6.45, 7) is 1.38. The van der Waals surface area contributed by atoms with Crippen LogP contribution in [0, 0.1) is 11.1 Å². The lowest BCUT2D eigenvalue weighted by Gasteiger charge is -2.44. The van der Waals surface area contributed by atoms with Crippen LogP contribution < -0.4 is 24.8 Å². The average molecular weight is 800 g/mol. The van der Waals surface area contributed by atoms with E-state index >= 15 is 0 Å². The standard InChI is InChI=1S/C35H35Cl2F3N4O10/c1-50-26-7-6-20(13-28(26)51-2)27(14-23-24(36)16-44(49)17-25(23)37)52-30(45)15-41-34(48)42-22-5-3-4-21(12-22)31(54-33(47)35(38,39)40)32(46)53-29-18-43-10-8-19(29)9-11-43/h3-7,12-13,16-17,19,27,29,31H,8-11,14-15,18H2,1-2H3,(H2,41,42,48)/t27-,29-,31?/m0/s1. The summed E-state index contributed by atoms with van der Waals surface area (Å²) in [5.74, 6) is -3.95. The number of pyridine rings is 1. The first-order valence-electron chi connectivity index (χ1n) is 16.5. The van der Waals surface area contributed by atoms with Crippen molar-refractivity contribution in [2.24, 2.45) is 5.92 Å². The van der Waals surface area contributed by atoms with Gasteiger partial charge in [0, 0.05) is 29.8 Å². The van der Waals surface area contributed by atoms with Gasteiger partial charge >= 0.3 is 30.1 Å². The molecule has 19 heteroatoms. The number of hydrogen-bond acceptors (Lipinski definition) is 11. The van der Waals surface area contributed by atoms with Gasteiger partial charge in [-0.3, -0.25) is 9.69 Å². The first kappa shape index (κ1) is 40.2. The zero-order chi connectivity index (χ0) is 39.2. The van der Waals surface area contributed by atoms with Crippen LogP contribution in [0.4, 0.5) is 23.7 Å². The van der Waals surface area contributed by atoms with E-state index in [0.29, 0.717) is 33.9 Å². The lowest BCUT2D eigenvalue weighted by molar-refractivity contribution is -0.605. The fraction of sp³-hybridized carbons (Fsp3) is 0.400. The number of esters is 3. The highest BCUT2D eigenvalue weighted by atomic mass is 35.5. The molecule has 0 saturated carbocycles. The van der Waals surface area contributed by atoms with Crippen molar-refractivity contribution in [1.82, 2.24) is 10.2 Å². The van der Waals surface area contributed by atoms with Crippen molar-refractivity contribution in [2.75, 3.05) is 45.7 Å². The zero-order valence-corrected chi connectivity index (χ0v) is 30.3. The van der Waals surface area contributed by atoms with E-state index < -0.39 is 55.0 Å². The van der Waals surface area contributed by atoms with Gasteiger partial charge < -0.3 is 39.5 Å². The third kappa shape index (κ3) is 10.1. The first-order valence-corrected chi connectivity index (χ1v) is 17.2. The highest BCUT2D eigenvalue weighted by molar-refractivity contribution is 6.35. The molecule has 0 spiro atoms. The van der Waals surface area contributed by atoms with Crippen LogP contribution in [0.2, 0.25) is 10.0 Å². The van der Waals surface area contributed by atoms with Crippen LogP contribution >= 0.6 is 23.2 Å². The Balaban J connectivity index is 1.26. The number of alkyl halides is 3. The maximum Gasteiger partial charge on any atom is 0.490 e. The van der Waals surface area contributed by atoms with Gasteiger partial charge in [-0.15, -0.1) is 0 Å². The van der Waals surface area contributed by atoms with Crippen LogP contribution in [0.3, 0.4) is 0 Å². The molecule has 3 saturated heterocycles. The Morgan fingerprint density at radius 1 is 0.963 bits per heavy atom. The molecule has 3 atom stereocenters. The number of methoxy groups -OCH3 is 2. The average Bonchev–Trinajstić information content (AvgIpc) is 3.13. The Morgan fingerprint density at radius 3 is 2.26 bits per heavy atom. The van der Waals surface area contributed by atoms with Crippen molar-refractivity contribution in [3.05, 3.63) is 86.8 Å². The number of ether oxygens (including phenoxy) is 5. The summed E-state index contributed by atoms with van der Waals surface area (Å²) in [6.07, 6.45) is -5.53. The number of amides is 2. The van der Waals surface area contributed by atoms with Crippen molar-refractivity contribution >= 4 is 52.8 Å². The van der Waals surface area contributed by atoms with Crippen molar-refractivity contribution in [1.29, 1.82) is 0 Å². The molecule has 4 heterocycles. The maximum absolute atomic E-state index is 13.2. The van der Waals surface area contributed by atoms with Crippen LogP contribution in [0.15, 0.2) is 54.9 Å². The van der Waals surface area contributed by atoms with Crippen molar-refractivity contribution < 1.29 is 60.8 Å². The summed E-state index contributed by atoms with van der Waals surface area (Å²) in [7, 11) is 2.86. The number of anilines is 1. The summed E-state index contributed by atoms with van der Waals surface area (Å²) in [5.41, 5.74) is 0.514. The molecule has 6 rings (SSSR count). The lowest BCUT2D eigenvalue weighted by Crippen LogP contribution is -2.52. The molecule has 2 bridgehead atoms. The molecule has 3 fully saturated rings. The van der Waals surface area contributed by atoms with E-state index in [0.717, 1.165) is 44.4 Å². The second kappa shape index (κ2) is 17.4. The van der Waals surface area contributed by atoms with E-state index in [1.54, 1.807) is 18.2 Å². The number of urea groups is 1. The minimum atomic E-state index is -5.39. The molecule has 290 valence electrons. The van der Waals surface area contributed by atoms with Crippen molar-refractivity contribution in [3.63, 3.8) is 0 Å². The van der Waals surface area contributed by atoms with Gasteiger partial charge in [0.15, 0.2) is 23.9 Å². The number of aromatic nitrogens is 1. The Hall–Kier alpha value is -5.00. The molecule has 1 unspecified atom stereocenters. The largest absolute Gasteiger partial charge is 0.619 e. The number of hydrogen-bond donors (Lipinski definition) is 2. The molecule has 54 heavy (non-hydrogen) atoms. The number of piperidine rings is 3. The zero-order valence-electron chi connectivity index (χ0n) is 28.8. The van der Waals surface area contributed by atoms with Crippen LogP contribution in [-0.2, 0) is 35.0 Å². The van der Waals surface area contributed by atoms with Gasteiger partial charge in [-0.05, 0) is 61.7 Å². The number of carbonyl (C=O) groups excluding carboxylic acids is 4. The summed E-state index contributed by atoms with van der Waals surface area (Å²) < 4.78 is 66.5. The number of fused-ring (bicyclic) bond motifs is 3. The molecule has 0 radical (unpaired) electrons. The van der Waals surface area contributed by atoms with Gasteiger partial charge in [-0.25, -0.2) is 14.4 Å². The molecule has 3 aliphatic heterocycles. The topological polar surface area (TPSA) is 169 Å². The summed E-state index contributed by atoms with van der Waals surface area (Å²) >= 11 is 12.6. The van der Waals surface area contributed by atoms with Crippen LogP contribution in [0.5, 0.6) is 11.5 Å². The number of benzene rings is 2. The molecular weight excluding hydrogens is 764 g/mol. The second-order valence-corrected chi connectivity index (χ2v) is 13.2. The first-order chi connectivity index (χ1) is 25.6. The minimum absolute atomic E-state index is 0.0152. The van der Waals surface area contributed by atoms with Crippen LogP contribution in [0.25, 0.3) is 0 Å². The molecule has 2 amide bonds. The molecule has 0 aliphatic carbocycles. The third-order valence-corrected chi connectivity index (χ3v) is 9.53. The van der Waals surface area contributed by atoms with E-state index in [9.17, 15) is 37.6 Å². The van der Waals surface area contributed by atoms with Gasteiger partial charge in [0.1, 0.15) is 28.8 Å². The minimum Gasteiger partial charge on any atom is -0.619 e. The predicted molar refractivity (Wildman–Crippen MR) is 185 cm³/mol. The van der Waals surface area contributed by atoms with Crippen LogP contribution in [0.1, 0.15) is 41.7 Å². The van der Waals surface area contributed by atoms with E-state index in [4.69, 9.17) is 42.1 Å². The molecule has 1 aromatic heterocycles. The van der Waals surface area contributed by atoms with E-state index in [2.05, 4.69) is 20.3 Å². The number of nitrogens with one attached hydrogen (secondary N) is 2. The molecule has 2 N–H and O–H groups in total. The fourth-order valence-electron chi connectivity index (χ4n) is 6.18. The van der Waals surface area contributed by atoms with Gasteiger partial charge in [-0.1, -0.05) is 41.4 Å². The van der Waals surface area contributed by atoms with Gasteiger partial charge in [-0.2, -0.15) is 17.9 Å². The summed E-state index contributed by atoms with van der Waals surface area (Å²) in [6, 6.07) is 8.87. The van der Waals surface area contributed by atoms with Gasteiger partial charge in [0.05, 0.1) is 14.2 Å². The Bertz CT molecular complexity index is 1850.